The van der Waals surface area contributed by atoms with Gasteiger partial charge >= 0.3 is 12.1 Å². The molecular weight excluding hydrogens is 773 g/mol. The van der Waals surface area contributed by atoms with E-state index in [1.807, 2.05) is 43.3 Å². The van der Waals surface area contributed by atoms with Crippen molar-refractivity contribution in [3.63, 3.8) is 0 Å². The van der Waals surface area contributed by atoms with Gasteiger partial charge in [-0.3, -0.25) is 24.1 Å². The molecule has 59 heavy (non-hydrogen) atoms. The number of rotatable bonds is 20. The number of nitrogens with zero attached hydrogens (tertiary/aromatic N) is 3. The summed E-state index contributed by atoms with van der Waals surface area (Å²) < 4.78 is 42.5. The number of carbonyl (C=O) groups excluding carboxylic acids is 4. The van der Waals surface area contributed by atoms with E-state index in [0.717, 1.165) is 119 Å². The van der Waals surface area contributed by atoms with Gasteiger partial charge in [-0.1, -0.05) is 43.4 Å². The maximum atomic E-state index is 11.6. The van der Waals surface area contributed by atoms with E-state index < -0.39 is 12.1 Å². The number of nitrogens with two attached hydrogens (primary N) is 1. The Morgan fingerprint density at radius 2 is 1.73 bits per heavy atom. The van der Waals surface area contributed by atoms with Gasteiger partial charge in [-0.2, -0.15) is 13.2 Å². The summed E-state index contributed by atoms with van der Waals surface area (Å²) >= 11 is 0. The van der Waals surface area contributed by atoms with E-state index in [1.165, 1.54) is 0 Å². The Hall–Kier alpha value is -5.02. The number of ether oxygens (including phenoxy) is 2. The van der Waals surface area contributed by atoms with E-state index in [-0.39, 0.29) is 0 Å². The average Bonchev–Trinajstić information content (AvgIpc) is 3.20. The van der Waals surface area contributed by atoms with Crippen LogP contribution in [0.5, 0.6) is 5.75 Å². The highest BCUT2D eigenvalue weighted by Crippen LogP contribution is 2.21. The first-order chi connectivity index (χ1) is 28.1. The second kappa shape index (κ2) is 31.9. The Morgan fingerprint density at radius 1 is 1.07 bits per heavy atom. The number of amides is 3. The number of aliphatic carboxylic acids is 1. The Balaban J connectivity index is 0.00000123. The third-order valence-corrected chi connectivity index (χ3v) is 9.09. The zero-order valence-electron chi connectivity index (χ0n) is 35.2. The number of anilines is 1. The molecule has 14 nitrogen and oxygen atoms in total. The SMILES string of the molecule is CCCC(C)N(C)Cc1c(C#CCCOCCCN(C)CCN2CCC(NC=O)CC2)cccc1C=O.COc1cc(C)ccc1N.O=C(O)C(F)(F)F.O=CNC=O. The van der Waals surface area contributed by atoms with E-state index in [9.17, 15) is 22.8 Å². The quantitative estimate of drug-likeness (QED) is 0.0635. The van der Waals surface area contributed by atoms with E-state index in [4.69, 9.17) is 34.7 Å². The molecule has 5 N–H and O–H groups in total. The number of aryl methyl sites for hydroxylation is 1. The minimum Gasteiger partial charge on any atom is -0.495 e. The lowest BCUT2D eigenvalue weighted by Gasteiger charge is -2.32. The number of piperidine rings is 1. The average molecular weight is 837 g/mol. The van der Waals surface area contributed by atoms with Crippen molar-refractivity contribution in [1.29, 1.82) is 0 Å². The molecule has 1 aliphatic rings. The summed E-state index contributed by atoms with van der Waals surface area (Å²) in [5.41, 5.74) is 10.1. The first-order valence-electron chi connectivity index (χ1n) is 19.4. The number of likely N-dealkylation sites (N-methyl/N-ethyl adjacent to an activating group) is 1. The molecule has 0 aromatic heterocycles. The second-order valence-electron chi connectivity index (χ2n) is 13.7. The van der Waals surface area contributed by atoms with Gasteiger partial charge in [0, 0.05) is 75.5 Å². The first-order valence-corrected chi connectivity index (χ1v) is 19.4. The number of nitrogens with one attached hydrogen (secondary N) is 2. The number of imide groups is 1. The molecular formula is C42H63F3N6O8. The molecule has 330 valence electrons. The largest absolute Gasteiger partial charge is 0.495 e. The third-order valence-electron chi connectivity index (χ3n) is 9.09. The number of methoxy groups -OCH3 is 1. The van der Waals surface area contributed by atoms with E-state index in [1.54, 1.807) is 12.4 Å². The van der Waals surface area contributed by atoms with Crippen molar-refractivity contribution in [2.75, 3.05) is 72.9 Å². The Bertz CT molecular complexity index is 1570. The lowest BCUT2D eigenvalue weighted by Crippen LogP contribution is -2.44. The molecule has 2 aromatic rings. The molecule has 1 saturated heterocycles. The van der Waals surface area contributed by atoms with Gasteiger partial charge in [-0.15, -0.1) is 0 Å². The van der Waals surface area contributed by atoms with Crippen LogP contribution in [0.15, 0.2) is 36.4 Å². The van der Waals surface area contributed by atoms with E-state index >= 15 is 0 Å². The number of carbonyl (C=O) groups is 5. The van der Waals surface area contributed by atoms with Crippen LogP contribution in [0, 0.1) is 18.8 Å². The van der Waals surface area contributed by atoms with E-state index in [0.29, 0.717) is 43.6 Å². The molecule has 17 heteroatoms. The van der Waals surface area contributed by atoms with Gasteiger partial charge in [-0.25, -0.2) is 4.79 Å². The lowest BCUT2D eigenvalue weighted by molar-refractivity contribution is -0.192. The summed E-state index contributed by atoms with van der Waals surface area (Å²) in [4.78, 5) is 56.4. The Morgan fingerprint density at radius 3 is 2.25 bits per heavy atom. The number of hydrogen-bond acceptors (Lipinski definition) is 11. The van der Waals surface area contributed by atoms with Crippen LogP contribution in [0.2, 0.25) is 0 Å². The summed E-state index contributed by atoms with van der Waals surface area (Å²) in [7, 11) is 5.89. The van der Waals surface area contributed by atoms with Crippen LogP contribution in [-0.2, 0) is 30.5 Å². The predicted octanol–water partition coefficient (Wildman–Crippen LogP) is 4.52. The Kier molecular flexibility index (Phi) is 29.2. The lowest BCUT2D eigenvalue weighted by atomic mass is 10.0. The molecule has 1 aliphatic heterocycles. The van der Waals surface area contributed by atoms with Crippen LogP contribution in [0.3, 0.4) is 0 Å². The fourth-order valence-corrected chi connectivity index (χ4v) is 5.56. The van der Waals surface area contributed by atoms with Crippen LogP contribution in [0.25, 0.3) is 0 Å². The smallest absolute Gasteiger partial charge is 0.490 e. The standard InChI is InChI=1S/C30H48N4O3.C8H11NO.C2HF3O2.C2H3NO2/c1-5-10-26(2)33(4)23-30-27(12-8-13-28(30)24-35)11-6-7-21-37-22-9-16-32(3)19-20-34-17-14-29(15-18-34)31-25-36;1-6-3-4-7(9)8(5-6)10-2;3-2(4,5)1(6)7;4-1-3-2-5/h8,12-13,24-26,29H,5,7,9-10,14-23H2,1-4H3,(H,31,36);3-5H,9H2,1-2H3;(H,6,7);1-2H,(H,3,4,5). The molecule has 1 unspecified atom stereocenters. The summed E-state index contributed by atoms with van der Waals surface area (Å²) in [6, 6.07) is 12.3. The maximum Gasteiger partial charge on any atom is 0.490 e. The maximum absolute atomic E-state index is 11.6. The van der Waals surface area contributed by atoms with Crippen molar-refractivity contribution >= 4 is 37.2 Å². The monoisotopic (exact) mass is 836 g/mol. The van der Waals surface area contributed by atoms with Gasteiger partial charge in [0.1, 0.15) is 12.0 Å². The van der Waals surface area contributed by atoms with Gasteiger partial charge in [-0.05, 0) is 83.0 Å². The van der Waals surface area contributed by atoms with Crippen LogP contribution >= 0.6 is 0 Å². The van der Waals surface area contributed by atoms with Crippen molar-refractivity contribution in [1.82, 2.24) is 25.3 Å². The van der Waals surface area contributed by atoms with Gasteiger partial charge in [0.15, 0.2) is 0 Å². The first kappa shape index (κ1) is 54.0. The number of likely N-dealkylation sites (tertiary alicyclic amines) is 1. The number of carboxylic acid groups (broad SMARTS) is 1. The fourth-order valence-electron chi connectivity index (χ4n) is 5.56. The highest BCUT2D eigenvalue weighted by Gasteiger charge is 2.38. The van der Waals surface area contributed by atoms with Gasteiger partial charge in [0.25, 0.3) is 0 Å². The minimum absolute atomic E-state index is 0.312. The Labute approximate surface area is 346 Å². The number of benzene rings is 2. The van der Waals surface area contributed by atoms with Crippen molar-refractivity contribution < 1.29 is 51.7 Å². The molecule has 2 aromatic carbocycles. The van der Waals surface area contributed by atoms with Crippen molar-refractivity contribution in [2.24, 2.45) is 0 Å². The van der Waals surface area contributed by atoms with Gasteiger partial charge in [0.05, 0.1) is 19.4 Å². The molecule has 0 spiro atoms. The van der Waals surface area contributed by atoms with Gasteiger partial charge < -0.3 is 40.7 Å². The van der Waals surface area contributed by atoms with Crippen molar-refractivity contribution in [2.45, 2.75) is 84.1 Å². The number of nitrogen functional groups attached to an aromatic ring is 1. The second-order valence-corrected chi connectivity index (χ2v) is 13.7. The predicted molar refractivity (Wildman–Crippen MR) is 222 cm³/mol. The van der Waals surface area contributed by atoms with Crippen LogP contribution in [-0.4, -0.2) is 137 Å². The number of halogens is 3. The zero-order chi connectivity index (χ0) is 44.6. The van der Waals surface area contributed by atoms with Crippen LogP contribution in [0.4, 0.5) is 18.9 Å². The van der Waals surface area contributed by atoms with Crippen LogP contribution < -0.4 is 21.1 Å². The number of aldehydes is 1. The topological polar surface area (TPSA) is 184 Å². The summed E-state index contributed by atoms with van der Waals surface area (Å²) in [6.45, 7) is 13.8. The third kappa shape index (κ3) is 25.2. The summed E-state index contributed by atoms with van der Waals surface area (Å²) in [6.07, 6.45) is 3.34. The summed E-state index contributed by atoms with van der Waals surface area (Å²) in [5.74, 6) is 4.51. The molecule has 3 amide bonds. The normalized spacial score (nSPS) is 13.1. The van der Waals surface area contributed by atoms with Gasteiger partial charge in [0.2, 0.25) is 19.2 Å². The minimum atomic E-state index is -5.08. The zero-order valence-corrected chi connectivity index (χ0v) is 35.2. The fraction of sp³-hybridized carbons (Fsp3) is 0.548. The van der Waals surface area contributed by atoms with Crippen molar-refractivity contribution in [3.05, 3.63) is 58.7 Å². The van der Waals surface area contributed by atoms with Crippen molar-refractivity contribution in [3.8, 4) is 17.6 Å². The highest BCUT2D eigenvalue weighted by molar-refractivity contribution is 5.78. The molecule has 1 fully saturated rings. The van der Waals surface area contributed by atoms with Crippen LogP contribution in [0.1, 0.15) is 79.4 Å². The molecule has 0 radical (unpaired) electrons. The molecule has 0 aliphatic carbocycles. The molecule has 3 rings (SSSR count). The number of carboxylic acids is 1. The molecule has 1 atom stereocenters. The van der Waals surface area contributed by atoms with E-state index in [2.05, 4.69) is 59.8 Å². The highest BCUT2D eigenvalue weighted by atomic mass is 19.4. The summed E-state index contributed by atoms with van der Waals surface area (Å²) in [5, 5.41) is 11.8. The molecule has 0 saturated carbocycles. The number of alkyl halides is 3. The number of hydrogen-bond donors (Lipinski definition) is 4. The molecule has 0 bridgehead atoms. The molecule has 1 heterocycles.